The lowest BCUT2D eigenvalue weighted by molar-refractivity contribution is -0.0749. The van der Waals surface area contributed by atoms with Crippen LogP contribution in [0.25, 0.3) is 0 Å². The van der Waals surface area contributed by atoms with Crippen LogP contribution in [0.2, 0.25) is 0 Å². The van der Waals surface area contributed by atoms with E-state index in [1.807, 2.05) is 0 Å². The van der Waals surface area contributed by atoms with Gasteiger partial charge in [-0.25, -0.2) is 0 Å². The highest BCUT2D eigenvalue weighted by Crippen LogP contribution is 2.30. The molecule has 2 N–H and O–H groups in total. The maximum atomic E-state index is 9.48. The Hall–Kier alpha value is -0.200. The Balaban J connectivity index is 1.97. The van der Waals surface area contributed by atoms with Crippen molar-refractivity contribution in [3.63, 3.8) is 0 Å². The predicted molar refractivity (Wildman–Crippen MR) is 74.3 cm³/mol. The van der Waals surface area contributed by atoms with E-state index in [1.54, 1.807) is 0 Å². The Morgan fingerprint density at radius 1 is 1.37 bits per heavy atom. The third-order valence-corrected chi connectivity index (χ3v) is 4.25. The largest absolute Gasteiger partial charge is 0.395 e. The molecule has 0 spiro atoms. The summed E-state index contributed by atoms with van der Waals surface area (Å²) in [6, 6.07) is 0.147. The summed E-state index contributed by atoms with van der Waals surface area (Å²) in [4.78, 5) is 2.38. The quantitative estimate of drug-likeness (QED) is 0.717. The van der Waals surface area contributed by atoms with Crippen LogP contribution in [0, 0.1) is 5.41 Å². The van der Waals surface area contributed by atoms with E-state index in [9.17, 15) is 5.11 Å². The van der Waals surface area contributed by atoms with Crippen molar-refractivity contribution < 1.29 is 14.6 Å². The minimum Gasteiger partial charge on any atom is -0.395 e. The molecule has 2 aliphatic rings. The molecule has 0 aliphatic carbocycles. The van der Waals surface area contributed by atoms with Crippen molar-refractivity contribution in [3.8, 4) is 0 Å². The Morgan fingerprint density at radius 3 is 2.95 bits per heavy atom. The summed E-state index contributed by atoms with van der Waals surface area (Å²) in [6.07, 6.45) is 2.34. The topological polar surface area (TPSA) is 54.0 Å². The van der Waals surface area contributed by atoms with E-state index in [2.05, 4.69) is 17.1 Å². The molecule has 2 aliphatic heterocycles. The number of ether oxygens (including phenoxy) is 2. The van der Waals surface area contributed by atoms with Crippen molar-refractivity contribution in [3.05, 3.63) is 0 Å². The van der Waals surface area contributed by atoms with E-state index in [4.69, 9.17) is 9.47 Å². The number of hydrogen-bond acceptors (Lipinski definition) is 5. The number of nitrogens with one attached hydrogen (secondary N) is 1. The molecule has 19 heavy (non-hydrogen) atoms. The number of aliphatic hydroxyl groups excluding tert-OH is 1. The van der Waals surface area contributed by atoms with Gasteiger partial charge in [0.25, 0.3) is 0 Å². The summed E-state index contributed by atoms with van der Waals surface area (Å²) >= 11 is 0. The molecule has 5 nitrogen and oxygen atoms in total. The van der Waals surface area contributed by atoms with Gasteiger partial charge in [-0.1, -0.05) is 6.92 Å². The molecule has 0 aromatic rings. The molecule has 2 rings (SSSR count). The maximum absolute atomic E-state index is 9.48. The molecule has 0 saturated carbocycles. The first-order valence-corrected chi connectivity index (χ1v) is 7.51. The fraction of sp³-hybridized carbons (Fsp3) is 1.00. The Morgan fingerprint density at radius 2 is 2.26 bits per heavy atom. The van der Waals surface area contributed by atoms with E-state index >= 15 is 0 Å². The highest BCUT2D eigenvalue weighted by Gasteiger charge is 2.37. The van der Waals surface area contributed by atoms with Gasteiger partial charge in [0.15, 0.2) is 0 Å². The summed E-state index contributed by atoms with van der Waals surface area (Å²) < 4.78 is 11.2. The minimum atomic E-state index is 0.147. The van der Waals surface area contributed by atoms with Gasteiger partial charge in [0.2, 0.25) is 0 Å². The van der Waals surface area contributed by atoms with Crippen LogP contribution in [-0.4, -0.2) is 75.3 Å². The van der Waals surface area contributed by atoms with Crippen molar-refractivity contribution in [1.82, 2.24) is 10.2 Å². The number of hydrogen-bond donors (Lipinski definition) is 2. The third-order valence-electron chi connectivity index (χ3n) is 4.25. The summed E-state index contributed by atoms with van der Waals surface area (Å²) in [7, 11) is 0. The van der Waals surface area contributed by atoms with Gasteiger partial charge in [-0.3, -0.25) is 4.90 Å². The normalized spacial score (nSPS) is 33.5. The first-order valence-electron chi connectivity index (χ1n) is 7.51. The number of nitrogens with zero attached hydrogens (tertiary/aromatic N) is 1. The highest BCUT2D eigenvalue weighted by molar-refractivity contribution is 4.89. The molecular formula is C14H28N2O3. The molecule has 0 amide bonds. The van der Waals surface area contributed by atoms with E-state index in [-0.39, 0.29) is 18.1 Å². The fourth-order valence-corrected chi connectivity index (χ4v) is 3.12. The highest BCUT2D eigenvalue weighted by atomic mass is 16.5. The molecule has 2 heterocycles. The van der Waals surface area contributed by atoms with Crippen LogP contribution in [0.1, 0.15) is 19.8 Å². The second-order valence-electron chi connectivity index (χ2n) is 5.82. The van der Waals surface area contributed by atoms with E-state index in [1.165, 1.54) is 6.42 Å². The fourth-order valence-electron chi connectivity index (χ4n) is 3.12. The maximum Gasteiger partial charge on any atom is 0.0644 e. The average molecular weight is 272 g/mol. The zero-order chi connectivity index (χ0) is 13.6. The second-order valence-corrected chi connectivity index (χ2v) is 5.82. The van der Waals surface area contributed by atoms with E-state index in [0.29, 0.717) is 6.61 Å². The lowest BCUT2D eigenvalue weighted by Gasteiger charge is -2.44. The summed E-state index contributed by atoms with van der Waals surface area (Å²) in [5.74, 6) is 0. The van der Waals surface area contributed by atoms with Crippen LogP contribution in [0.4, 0.5) is 0 Å². The third kappa shape index (κ3) is 4.13. The van der Waals surface area contributed by atoms with Crippen LogP contribution >= 0.6 is 0 Å². The van der Waals surface area contributed by atoms with Crippen LogP contribution in [-0.2, 0) is 9.47 Å². The van der Waals surface area contributed by atoms with Gasteiger partial charge >= 0.3 is 0 Å². The van der Waals surface area contributed by atoms with Gasteiger partial charge in [-0.2, -0.15) is 0 Å². The van der Waals surface area contributed by atoms with Crippen LogP contribution < -0.4 is 5.32 Å². The van der Waals surface area contributed by atoms with Gasteiger partial charge in [0.05, 0.1) is 32.5 Å². The van der Waals surface area contributed by atoms with Crippen molar-refractivity contribution in [2.75, 3.05) is 59.2 Å². The van der Waals surface area contributed by atoms with Gasteiger partial charge in [-0.05, 0) is 19.4 Å². The number of rotatable bonds is 6. The summed E-state index contributed by atoms with van der Waals surface area (Å²) in [5.41, 5.74) is 0.193. The standard InChI is InChI=1S/C14H28N2O3/c1-2-15-10-14(4-3-6-19-12-14)11-16-5-7-18-9-13(16)8-17/h13,15,17H,2-12H2,1H3. The zero-order valence-corrected chi connectivity index (χ0v) is 12.1. The zero-order valence-electron chi connectivity index (χ0n) is 12.1. The van der Waals surface area contributed by atoms with Crippen LogP contribution in [0.5, 0.6) is 0 Å². The molecule has 112 valence electrons. The monoisotopic (exact) mass is 272 g/mol. The summed E-state index contributed by atoms with van der Waals surface area (Å²) in [5, 5.41) is 13.0. The van der Waals surface area contributed by atoms with E-state index < -0.39 is 0 Å². The average Bonchev–Trinajstić information content (AvgIpc) is 2.47. The molecule has 2 fully saturated rings. The molecular weight excluding hydrogens is 244 g/mol. The molecule has 0 aromatic carbocycles. The van der Waals surface area contributed by atoms with Gasteiger partial charge < -0.3 is 19.9 Å². The first kappa shape index (κ1) is 15.2. The Bertz CT molecular complexity index is 257. The van der Waals surface area contributed by atoms with Gasteiger partial charge in [-0.15, -0.1) is 0 Å². The van der Waals surface area contributed by atoms with Gasteiger partial charge in [0, 0.05) is 31.7 Å². The lowest BCUT2D eigenvalue weighted by atomic mass is 9.81. The van der Waals surface area contributed by atoms with Crippen LogP contribution in [0.15, 0.2) is 0 Å². The molecule has 0 radical (unpaired) electrons. The predicted octanol–water partition coefficient (Wildman–Crippen LogP) is 0.0858. The smallest absolute Gasteiger partial charge is 0.0644 e. The van der Waals surface area contributed by atoms with Gasteiger partial charge in [0.1, 0.15) is 0 Å². The second kappa shape index (κ2) is 7.55. The van der Waals surface area contributed by atoms with Crippen molar-refractivity contribution in [2.24, 2.45) is 5.41 Å². The molecule has 2 unspecified atom stereocenters. The lowest BCUT2D eigenvalue weighted by Crippen LogP contribution is -2.55. The SMILES string of the molecule is CCNCC1(CN2CCOCC2CO)CCCOC1. The first-order chi connectivity index (χ1) is 9.29. The minimum absolute atomic E-state index is 0.147. The number of aliphatic hydroxyl groups is 1. The Labute approximate surface area is 116 Å². The number of morpholine rings is 1. The van der Waals surface area contributed by atoms with Crippen LogP contribution in [0.3, 0.4) is 0 Å². The molecule has 0 bridgehead atoms. The Kier molecular flexibility index (Phi) is 6.04. The van der Waals surface area contributed by atoms with Crippen molar-refractivity contribution >= 4 is 0 Å². The van der Waals surface area contributed by atoms with Crippen molar-refractivity contribution in [2.45, 2.75) is 25.8 Å². The van der Waals surface area contributed by atoms with E-state index in [0.717, 1.165) is 52.4 Å². The molecule has 0 aromatic heterocycles. The summed E-state index contributed by atoms with van der Waals surface area (Å²) in [6.45, 7) is 9.36. The molecule has 2 atom stereocenters. The molecule has 5 heteroatoms. The molecule has 2 saturated heterocycles. The van der Waals surface area contributed by atoms with Crippen molar-refractivity contribution in [1.29, 1.82) is 0 Å².